The van der Waals surface area contributed by atoms with Crippen LogP contribution in [0.4, 0.5) is 0 Å². The van der Waals surface area contributed by atoms with Crippen LogP contribution in [0.15, 0.2) is 95.8 Å². The molecule has 0 aliphatic rings. The Morgan fingerprint density at radius 3 is 2.12 bits per heavy atom. The quantitative estimate of drug-likeness (QED) is 0.431. The first-order valence-electron chi connectivity index (χ1n) is 8.49. The van der Waals surface area contributed by atoms with Gasteiger partial charge in [0.2, 0.25) is 0 Å². The van der Waals surface area contributed by atoms with Gasteiger partial charge < -0.3 is 9.52 Å². The maximum absolute atomic E-state index is 9.53. The molecule has 126 valence electrons. The summed E-state index contributed by atoms with van der Waals surface area (Å²) in [6, 6.07) is 25.7. The Labute approximate surface area is 152 Å². The van der Waals surface area contributed by atoms with Crippen molar-refractivity contribution in [3.05, 3.63) is 103 Å². The summed E-state index contributed by atoms with van der Waals surface area (Å²) in [7, 11) is 0. The predicted molar refractivity (Wildman–Crippen MR) is 107 cm³/mol. The number of benzene rings is 3. The third-order valence-electron chi connectivity index (χ3n) is 4.35. The molecule has 0 amide bonds. The standard InChI is InChI=1S/C24H18O2/c25-21-14-12-20(13-15-21)23-16-26-17-24(23)22-9-5-4-8-19(22)11-10-18-6-2-1-3-7-18/h1-17,25H/b11-10+. The van der Waals surface area contributed by atoms with E-state index in [4.69, 9.17) is 4.42 Å². The van der Waals surface area contributed by atoms with E-state index in [-0.39, 0.29) is 5.75 Å². The van der Waals surface area contributed by atoms with Crippen molar-refractivity contribution in [2.45, 2.75) is 0 Å². The smallest absolute Gasteiger partial charge is 0.115 e. The van der Waals surface area contributed by atoms with Crippen LogP contribution in [0.3, 0.4) is 0 Å². The van der Waals surface area contributed by atoms with Crippen LogP contribution in [0.2, 0.25) is 0 Å². The Kier molecular flexibility index (Phi) is 4.40. The van der Waals surface area contributed by atoms with Gasteiger partial charge in [-0.2, -0.15) is 0 Å². The first kappa shape index (κ1) is 16.0. The molecule has 0 aliphatic carbocycles. The number of furan rings is 1. The van der Waals surface area contributed by atoms with Crippen LogP contribution < -0.4 is 0 Å². The second-order valence-electron chi connectivity index (χ2n) is 6.08. The van der Waals surface area contributed by atoms with Crippen molar-refractivity contribution in [2.75, 3.05) is 0 Å². The minimum absolute atomic E-state index is 0.255. The monoisotopic (exact) mass is 338 g/mol. The lowest BCUT2D eigenvalue weighted by Gasteiger charge is -2.07. The van der Waals surface area contributed by atoms with Crippen molar-refractivity contribution in [2.24, 2.45) is 0 Å². The van der Waals surface area contributed by atoms with Crippen LogP contribution in [0.1, 0.15) is 11.1 Å². The summed E-state index contributed by atoms with van der Waals surface area (Å²) in [5, 5.41) is 9.53. The van der Waals surface area contributed by atoms with E-state index in [0.29, 0.717) is 0 Å². The van der Waals surface area contributed by atoms with Crippen LogP contribution in [0.5, 0.6) is 5.75 Å². The molecule has 0 bridgehead atoms. The molecular formula is C24H18O2. The van der Waals surface area contributed by atoms with Gasteiger partial charge in [0.1, 0.15) is 5.75 Å². The van der Waals surface area contributed by atoms with Crippen molar-refractivity contribution in [3.63, 3.8) is 0 Å². The van der Waals surface area contributed by atoms with E-state index in [0.717, 1.165) is 33.4 Å². The van der Waals surface area contributed by atoms with E-state index in [1.165, 1.54) is 0 Å². The third-order valence-corrected chi connectivity index (χ3v) is 4.35. The third kappa shape index (κ3) is 3.31. The highest BCUT2D eigenvalue weighted by atomic mass is 16.3. The van der Waals surface area contributed by atoms with Crippen LogP contribution in [0.25, 0.3) is 34.4 Å². The number of hydrogen-bond acceptors (Lipinski definition) is 2. The average molecular weight is 338 g/mol. The Bertz CT molecular complexity index is 1030. The van der Waals surface area contributed by atoms with Crippen LogP contribution in [0, 0.1) is 0 Å². The molecule has 0 aliphatic heterocycles. The Balaban J connectivity index is 1.75. The zero-order chi connectivity index (χ0) is 17.8. The average Bonchev–Trinajstić information content (AvgIpc) is 3.17. The van der Waals surface area contributed by atoms with Crippen molar-refractivity contribution in [1.29, 1.82) is 0 Å². The van der Waals surface area contributed by atoms with Gasteiger partial charge in [0.25, 0.3) is 0 Å². The minimum atomic E-state index is 0.255. The molecule has 1 N–H and O–H groups in total. The topological polar surface area (TPSA) is 33.4 Å². The van der Waals surface area contributed by atoms with Gasteiger partial charge in [0.15, 0.2) is 0 Å². The van der Waals surface area contributed by atoms with E-state index in [1.54, 1.807) is 24.7 Å². The molecule has 0 atom stereocenters. The van der Waals surface area contributed by atoms with Crippen molar-refractivity contribution in [3.8, 4) is 28.0 Å². The van der Waals surface area contributed by atoms with Gasteiger partial charge in [-0.15, -0.1) is 0 Å². The van der Waals surface area contributed by atoms with Gasteiger partial charge in [-0.05, 0) is 34.4 Å². The van der Waals surface area contributed by atoms with Crippen molar-refractivity contribution in [1.82, 2.24) is 0 Å². The molecule has 0 unspecified atom stereocenters. The van der Waals surface area contributed by atoms with Gasteiger partial charge in [0, 0.05) is 11.1 Å². The summed E-state index contributed by atoms with van der Waals surface area (Å²) in [5.41, 5.74) is 6.44. The molecule has 2 heteroatoms. The number of rotatable bonds is 4. The van der Waals surface area contributed by atoms with Crippen molar-refractivity contribution >= 4 is 12.2 Å². The molecule has 3 aromatic carbocycles. The Morgan fingerprint density at radius 1 is 0.615 bits per heavy atom. The van der Waals surface area contributed by atoms with E-state index >= 15 is 0 Å². The van der Waals surface area contributed by atoms with Gasteiger partial charge in [-0.3, -0.25) is 0 Å². The summed E-state index contributed by atoms with van der Waals surface area (Å²) in [6.07, 6.45) is 7.76. The molecule has 0 saturated carbocycles. The minimum Gasteiger partial charge on any atom is -0.508 e. The maximum Gasteiger partial charge on any atom is 0.115 e. The van der Waals surface area contributed by atoms with E-state index in [1.807, 2.05) is 42.5 Å². The van der Waals surface area contributed by atoms with E-state index in [9.17, 15) is 5.11 Å². The molecule has 26 heavy (non-hydrogen) atoms. The van der Waals surface area contributed by atoms with Gasteiger partial charge in [-0.1, -0.05) is 78.9 Å². The SMILES string of the molecule is Oc1ccc(-c2cocc2-c2ccccc2/C=C/c2ccccc2)cc1. The molecular weight excluding hydrogens is 320 g/mol. The summed E-state index contributed by atoms with van der Waals surface area (Å²) in [6.45, 7) is 0. The first-order chi connectivity index (χ1) is 12.8. The van der Waals surface area contributed by atoms with Crippen LogP contribution in [-0.4, -0.2) is 5.11 Å². The Morgan fingerprint density at radius 2 is 1.31 bits per heavy atom. The summed E-state index contributed by atoms with van der Waals surface area (Å²) >= 11 is 0. The Hall–Kier alpha value is -3.52. The molecule has 4 aromatic rings. The number of hydrogen-bond donors (Lipinski definition) is 1. The molecule has 0 radical (unpaired) electrons. The number of aromatic hydroxyl groups is 1. The van der Waals surface area contributed by atoms with Crippen molar-refractivity contribution < 1.29 is 9.52 Å². The summed E-state index contributed by atoms with van der Waals surface area (Å²) in [5.74, 6) is 0.255. The number of phenolic OH excluding ortho intramolecular Hbond substituents is 1. The van der Waals surface area contributed by atoms with Gasteiger partial charge >= 0.3 is 0 Å². The van der Waals surface area contributed by atoms with Gasteiger partial charge in [0.05, 0.1) is 12.5 Å². The fourth-order valence-corrected chi connectivity index (χ4v) is 3.01. The lowest BCUT2D eigenvalue weighted by atomic mass is 9.95. The highest BCUT2D eigenvalue weighted by Crippen LogP contribution is 2.36. The molecule has 4 rings (SSSR count). The molecule has 1 aromatic heterocycles. The highest BCUT2D eigenvalue weighted by Gasteiger charge is 2.12. The molecule has 0 saturated heterocycles. The normalized spacial score (nSPS) is 11.1. The van der Waals surface area contributed by atoms with E-state index < -0.39 is 0 Å². The zero-order valence-corrected chi connectivity index (χ0v) is 14.2. The summed E-state index contributed by atoms with van der Waals surface area (Å²) in [4.78, 5) is 0. The van der Waals surface area contributed by atoms with Crippen LogP contribution in [-0.2, 0) is 0 Å². The zero-order valence-electron chi connectivity index (χ0n) is 14.2. The second kappa shape index (κ2) is 7.16. The van der Waals surface area contributed by atoms with Crippen LogP contribution >= 0.6 is 0 Å². The molecule has 2 nitrogen and oxygen atoms in total. The molecule has 0 spiro atoms. The highest BCUT2D eigenvalue weighted by molar-refractivity contribution is 5.88. The second-order valence-corrected chi connectivity index (χ2v) is 6.08. The fraction of sp³-hybridized carbons (Fsp3) is 0. The largest absolute Gasteiger partial charge is 0.508 e. The number of phenols is 1. The fourth-order valence-electron chi connectivity index (χ4n) is 3.01. The summed E-state index contributed by atoms with van der Waals surface area (Å²) < 4.78 is 5.52. The lowest BCUT2D eigenvalue weighted by molar-refractivity contribution is 0.475. The van der Waals surface area contributed by atoms with Gasteiger partial charge in [-0.25, -0.2) is 0 Å². The maximum atomic E-state index is 9.53. The first-order valence-corrected chi connectivity index (χ1v) is 8.49. The predicted octanol–water partition coefficient (Wildman–Crippen LogP) is 6.49. The van der Waals surface area contributed by atoms with E-state index in [2.05, 4.69) is 36.4 Å². The lowest BCUT2D eigenvalue weighted by Crippen LogP contribution is -1.84. The molecule has 1 heterocycles. The molecule has 0 fully saturated rings.